The van der Waals surface area contributed by atoms with Crippen LogP contribution in [0.3, 0.4) is 0 Å². The van der Waals surface area contributed by atoms with E-state index in [1.165, 1.54) is 56.1 Å². The molecule has 0 radical (unpaired) electrons. The summed E-state index contributed by atoms with van der Waals surface area (Å²) >= 11 is 0. The highest BCUT2D eigenvalue weighted by atomic mass is 15.4. The van der Waals surface area contributed by atoms with Crippen LogP contribution in [0.2, 0.25) is 0 Å². The van der Waals surface area contributed by atoms with Crippen LogP contribution < -0.4 is 9.80 Å². The van der Waals surface area contributed by atoms with Crippen LogP contribution in [-0.4, -0.2) is 6.17 Å². The fraction of sp³-hybridized carbons (Fsp3) is 0.333. The zero-order valence-electron chi connectivity index (χ0n) is 23.8. The molecule has 0 N–H and O–H groups in total. The van der Waals surface area contributed by atoms with Crippen molar-refractivity contribution in [3.8, 4) is 11.1 Å². The molecule has 2 aliphatic heterocycles. The molecule has 2 unspecified atom stereocenters. The van der Waals surface area contributed by atoms with Crippen molar-refractivity contribution < 1.29 is 0 Å². The van der Waals surface area contributed by atoms with Gasteiger partial charge in [0.2, 0.25) is 0 Å². The molecule has 0 spiro atoms. The van der Waals surface area contributed by atoms with E-state index in [4.69, 9.17) is 0 Å². The molecule has 2 aliphatic rings. The van der Waals surface area contributed by atoms with Crippen molar-refractivity contribution in [1.82, 2.24) is 0 Å². The highest BCUT2D eigenvalue weighted by molar-refractivity contribution is 5.93. The van der Waals surface area contributed by atoms with E-state index in [0.717, 1.165) is 19.3 Å². The van der Waals surface area contributed by atoms with Crippen molar-refractivity contribution in [1.29, 1.82) is 0 Å². The summed E-state index contributed by atoms with van der Waals surface area (Å²) in [5.41, 5.74) is 13.6. The van der Waals surface area contributed by atoms with Crippen LogP contribution in [0.25, 0.3) is 11.1 Å². The molecular weight excluding hydrogens is 460 g/mol. The van der Waals surface area contributed by atoms with Gasteiger partial charge in [-0.25, -0.2) is 0 Å². The van der Waals surface area contributed by atoms with Gasteiger partial charge in [0.25, 0.3) is 0 Å². The molecule has 0 bridgehead atoms. The van der Waals surface area contributed by atoms with Crippen molar-refractivity contribution in [2.45, 2.75) is 72.4 Å². The Morgan fingerprint density at radius 2 is 1.21 bits per heavy atom. The second-order valence-electron chi connectivity index (χ2n) is 11.3. The van der Waals surface area contributed by atoms with Crippen LogP contribution >= 0.6 is 0 Å². The monoisotopic (exact) mass is 500 g/mol. The van der Waals surface area contributed by atoms with Crippen LogP contribution in [0.5, 0.6) is 0 Å². The Balaban J connectivity index is 1.67. The summed E-state index contributed by atoms with van der Waals surface area (Å²) in [4.78, 5) is 5.36. The predicted octanol–water partition coefficient (Wildman–Crippen LogP) is 9.99. The molecule has 4 aromatic carbocycles. The van der Waals surface area contributed by atoms with Crippen molar-refractivity contribution >= 4 is 22.7 Å². The summed E-state index contributed by atoms with van der Waals surface area (Å²) in [6.07, 6.45) is 3.67. The Bertz CT molecular complexity index is 1470. The number of hydrogen-bond acceptors (Lipinski definition) is 2. The predicted molar refractivity (Wildman–Crippen MR) is 163 cm³/mol. The molecule has 0 saturated heterocycles. The van der Waals surface area contributed by atoms with Gasteiger partial charge in [-0.1, -0.05) is 81.4 Å². The maximum atomic E-state index is 2.69. The second-order valence-corrected chi connectivity index (χ2v) is 11.3. The minimum absolute atomic E-state index is 0.144. The first-order chi connectivity index (χ1) is 18.5. The smallest absolute Gasteiger partial charge is 0.115 e. The Morgan fingerprint density at radius 1 is 0.605 bits per heavy atom. The van der Waals surface area contributed by atoms with Gasteiger partial charge in [-0.15, -0.1) is 0 Å². The molecule has 2 atom stereocenters. The van der Waals surface area contributed by atoms with Crippen LogP contribution in [0.4, 0.5) is 22.7 Å². The Hall–Kier alpha value is -3.52. The summed E-state index contributed by atoms with van der Waals surface area (Å²) in [5, 5.41) is 0. The average molecular weight is 501 g/mol. The first-order valence-electron chi connectivity index (χ1n) is 14.4. The zero-order valence-corrected chi connectivity index (χ0v) is 23.8. The van der Waals surface area contributed by atoms with Gasteiger partial charge in [0.1, 0.15) is 6.17 Å². The number of hydrogen-bond donors (Lipinski definition) is 0. The number of aryl methyl sites for hydroxylation is 3. The number of para-hydroxylation sites is 2. The number of fused-ring (bicyclic) bond motifs is 5. The third kappa shape index (κ3) is 3.39. The molecule has 2 heterocycles. The third-order valence-corrected chi connectivity index (χ3v) is 9.64. The summed E-state index contributed by atoms with van der Waals surface area (Å²) in [7, 11) is 0. The van der Waals surface area contributed by atoms with E-state index in [9.17, 15) is 0 Å². The lowest BCUT2D eigenvalue weighted by Crippen LogP contribution is -2.56. The fourth-order valence-corrected chi connectivity index (χ4v) is 7.83. The molecule has 0 amide bonds. The molecule has 0 saturated carbocycles. The van der Waals surface area contributed by atoms with Gasteiger partial charge in [0.15, 0.2) is 0 Å². The maximum Gasteiger partial charge on any atom is 0.115 e. The minimum atomic E-state index is 0.144. The largest absolute Gasteiger partial charge is 0.318 e. The lowest BCUT2D eigenvalue weighted by Gasteiger charge is -2.53. The average Bonchev–Trinajstić information content (AvgIpc) is 3.26. The normalized spacial score (nSPS) is 19.2. The third-order valence-electron chi connectivity index (χ3n) is 9.64. The molecule has 2 heteroatoms. The molecule has 0 fully saturated rings. The molecule has 6 rings (SSSR count). The summed E-state index contributed by atoms with van der Waals surface area (Å²) in [6, 6.07) is 32.0. The van der Waals surface area contributed by atoms with Gasteiger partial charge in [0.05, 0.1) is 11.4 Å². The van der Waals surface area contributed by atoms with E-state index in [-0.39, 0.29) is 11.6 Å². The summed E-state index contributed by atoms with van der Waals surface area (Å²) in [6.45, 7) is 13.9. The van der Waals surface area contributed by atoms with E-state index >= 15 is 0 Å². The number of rotatable bonds is 5. The van der Waals surface area contributed by atoms with Crippen LogP contribution in [0, 0.1) is 26.7 Å². The van der Waals surface area contributed by atoms with Crippen molar-refractivity contribution in [3.05, 3.63) is 107 Å². The Kier molecular flexibility index (Phi) is 6.10. The molecule has 2 nitrogen and oxygen atoms in total. The number of benzene rings is 4. The van der Waals surface area contributed by atoms with E-state index in [1.54, 1.807) is 0 Å². The van der Waals surface area contributed by atoms with Crippen molar-refractivity contribution in [2.24, 2.45) is 5.92 Å². The minimum Gasteiger partial charge on any atom is -0.318 e. The van der Waals surface area contributed by atoms with E-state index < -0.39 is 0 Å². The first-order valence-corrected chi connectivity index (χ1v) is 14.4. The molecule has 0 aromatic heterocycles. The fourth-order valence-electron chi connectivity index (χ4n) is 7.83. The quantitative estimate of drug-likeness (QED) is 0.269. The topological polar surface area (TPSA) is 6.48 Å². The van der Waals surface area contributed by atoms with Gasteiger partial charge >= 0.3 is 0 Å². The second kappa shape index (κ2) is 9.34. The lowest BCUT2D eigenvalue weighted by atomic mass is 9.61. The Labute approximate surface area is 228 Å². The number of anilines is 4. The molecular formula is C36H40N2. The van der Waals surface area contributed by atoms with Crippen molar-refractivity contribution in [3.63, 3.8) is 0 Å². The lowest BCUT2D eigenvalue weighted by molar-refractivity contribution is 0.194. The SMILES string of the molecule is CCC1C2N(c3ccccc3C)c3ccc(-c4c(C)cccc4C)cc3N2c2ccccc2C1(CC)CC. The molecule has 194 valence electrons. The van der Waals surface area contributed by atoms with Gasteiger partial charge in [-0.2, -0.15) is 0 Å². The first kappa shape index (κ1) is 24.8. The van der Waals surface area contributed by atoms with Crippen LogP contribution in [0.1, 0.15) is 62.3 Å². The highest BCUT2D eigenvalue weighted by Crippen LogP contribution is 2.61. The van der Waals surface area contributed by atoms with Gasteiger partial charge < -0.3 is 9.80 Å². The zero-order chi connectivity index (χ0) is 26.6. The van der Waals surface area contributed by atoms with Gasteiger partial charge in [0, 0.05) is 22.7 Å². The Morgan fingerprint density at radius 3 is 1.87 bits per heavy atom. The molecule has 4 aromatic rings. The highest BCUT2D eigenvalue weighted by Gasteiger charge is 2.54. The molecule has 38 heavy (non-hydrogen) atoms. The van der Waals surface area contributed by atoms with E-state index in [0.29, 0.717) is 5.92 Å². The van der Waals surface area contributed by atoms with Crippen molar-refractivity contribution in [2.75, 3.05) is 9.80 Å². The molecule has 0 aliphatic carbocycles. The van der Waals surface area contributed by atoms with Gasteiger partial charge in [-0.3, -0.25) is 0 Å². The standard InChI is InChI=1S/C36H40N2/c1-7-28-35-37(30-19-12-10-15-24(30)4)32-22-21-27(34-25(5)16-14-17-26(34)6)23-33(32)38(35)31-20-13-11-18-29(31)36(28,8-2)9-3/h10-23,28,35H,7-9H2,1-6H3. The summed E-state index contributed by atoms with van der Waals surface area (Å²) in [5.74, 6) is 0.489. The number of nitrogens with zero attached hydrogens (tertiary/aromatic N) is 2. The van der Waals surface area contributed by atoms with Gasteiger partial charge in [-0.05, 0) is 97.7 Å². The van der Waals surface area contributed by atoms with Crippen LogP contribution in [-0.2, 0) is 5.41 Å². The summed E-state index contributed by atoms with van der Waals surface area (Å²) < 4.78 is 0. The maximum absolute atomic E-state index is 2.69. The van der Waals surface area contributed by atoms with Crippen LogP contribution in [0.15, 0.2) is 84.9 Å². The van der Waals surface area contributed by atoms with E-state index in [2.05, 4.69) is 136 Å². The van der Waals surface area contributed by atoms with E-state index in [1.807, 2.05) is 0 Å².